The molecule has 0 aliphatic rings. The molecule has 10 heteroatoms. The Balaban J connectivity index is 1.58. The highest BCUT2D eigenvalue weighted by Crippen LogP contribution is 2.15. The summed E-state index contributed by atoms with van der Waals surface area (Å²) >= 11 is 1.42. The number of ether oxygens (including phenoxy) is 1. The van der Waals surface area contributed by atoms with Crippen LogP contribution in [0.1, 0.15) is 20.8 Å². The Morgan fingerprint density at radius 2 is 1.88 bits per heavy atom. The maximum atomic E-state index is 13.7. The molecule has 3 aromatic rings. The molecule has 0 unspecified atom stereocenters. The number of nitrogens with zero attached hydrogens (tertiary/aromatic N) is 1. The summed E-state index contributed by atoms with van der Waals surface area (Å²) in [7, 11) is -2.37. The average molecular weight is 477 g/mol. The fourth-order valence-electron chi connectivity index (χ4n) is 2.74. The lowest BCUT2D eigenvalue weighted by Gasteiger charge is -2.17. The van der Waals surface area contributed by atoms with Crippen LogP contribution < -0.4 is 4.72 Å². The van der Waals surface area contributed by atoms with Crippen LogP contribution >= 0.6 is 11.3 Å². The van der Waals surface area contributed by atoms with Crippen LogP contribution in [0.4, 0.5) is 4.39 Å². The first-order chi connectivity index (χ1) is 15.3. The number of hydrogen-bond donors (Lipinski definition) is 1. The van der Waals surface area contributed by atoms with E-state index in [1.54, 1.807) is 24.3 Å². The van der Waals surface area contributed by atoms with Gasteiger partial charge in [-0.1, -0.05) is 30.3 Å². The third-order valence-electron chi connectivity index (χ3n) is 4.51. The van der Waals surface area contributed by atoms with Gasteiger partial charge in [-0.05, 0) is 35.7 Å². The molecule has 0 saturated carbocycles. The minimum Gasteiger partial charge on any atom is -0.452 e. The van der Waals surface area contributed by atoms with Crippen molar-refractivity contribution in [2.45, 2.75) is 18.0 Å². The standard InChI is InChI=1S/C22H21FN2O5S2/c1-25(14-17-6-2-3-10-20(17)23)21(26)15-30-22(27)16-7-4-9-19(12-16)32(28,29)24-13-18-8-5-11-31-18/h2-12,24H,13-15H2,1H3. The van der Waals surface area contributed by atoms with Crippen molar-refractivity contribution in [3.05, 3.63) is 87.9 Å². The zero-order valence-corrected chi connectivity index (χ0v) is 18.8. The first-order valence-electron chi connectivity index (χ1n) is 9.53. The summed E-state index contributed by atoms with van der Waals surface area (Å²) in [5.74, 6) is -1.80. The molecule has 0 saturated heterocycles. The summed E-state index contributed by atoms with van der Waals surface area (Å²) in [5, 5.41) is 1.84. The fraction of sp³-hybridized carbons (Fsp3) is 0.182. The molecular formula is C22H21FN2O5S2. The summed E-state index contributed by atoms with van der Waals surface area (Å²) in [6, 6.07) is 15.1. The molecule has 0 aliphatic heterocycles. The van der Waals surface area contributed by atoms with Gasteiger partial charge in [-0.3, -0.25) is 4.79 Å². The number of benzene rings is 2. The van der Waals surface area contributed by atoms with E-state index in [1.807, 2.05) is 11.4 Å². The highest BCUT2D eigenvalue weighted by Gasteiger charge is 2.19. The maximum absolute atomic E-state index is 13.7. The van der Waals surface area contributed by atoms with Crippen LogP contribution in [0.25, 0.3) is 0 Å². The highest BCUT2D eigenvalue weighted by atomic mass is 32.2. The van der Waals surface area contributed by atoms with Gasteiger partial charge < -0.3 is 9.64 Å². The van der Waals surface area contributed by atoms with Crippen LogP contribution in [0.2, 0.25) is 0 Å². The molecule has 0 aliphatic carbocycles. The predicted octanol–water partition coefficient (Wildman–Crippen LogP) is 3.18. The Morgan fingerprint density at radius 1 is 1.09 bits per heavy atom. The van der Waals surface area contributed by atoms with E-state index >= 15 is 0 Å². The van der Waals surface area contributed by atoms with Crippen LogP contribution in [-0.2, 0) is 32.6 Å². The quantitative estimate of drug-likeness (QED) is 0.479. The molecule has 1 heterocycles. The second kappa shape index (κ2) is 10.5. The minimum atomic E-state index is -3.84. The van der Waals surface area contributed by atoms with Gasteiger partial charge in [-0.25, -0.2) is 22.3 Å². The summed E-state index contributed by atoms with van der Waals surface area (Å²) in [5.41, 5.74) is 0.330. The number of nitrogens with one attached hydrogen (secondary N) is 1. The molecule has 0 fully saturated rings. The van der Waals surface area contributed by atoms with E-state index in [0.29, 0.717) is 5.56 Å². The van der Waals surface area contributed by atoms with Crippen molar-refractivity contribution in [3.63, 3.8) is 0 Å². The zero-order valence-electron chi connectivity index (χ0n) is 17.2. The number of carbonyl (C=O) groups excluding carboxylic acids is 2. The van der Waals surface area contributed by atoms with E-state index in [9.17, 15) is 22.4 Å². The van der Waals surface area contributed by atoms with Crippen LogP contribution in [0.5, 0.6) is 0 Å². The number of amides is 1. The predicted molar refractivity (Wildman–Crippen MR) is 118 cm³/mol. The first kappa shape index (κ1) is 23.6. The number of likely N-dealkylation sites (N-methyl/N-ethyl adjacent to an activating group) is 1. The number of carbonyl (C=O) groups is 2. The Labute approximate surface area is 189 Å². The van der Waals surface area contributed by atoms with Crippen molar-refractivity contribution >= 4 is 33.2 Å². The summed E-state index contributed by atoms with van der Waals surface area (Å²) in [6.45, 7) is -0.401. The van der Waals surface area contributed by atoms with E-state index in [0.717, 1.165) is 4.88 Å². The Morgan fingerprint density at radius 3 is 2.59 bits per heavy atom. The van der Waals surface area contributed by atoms with Crippen molar-refractivity contribution in [3.8, 4) is 0 Å². The topological polar surface area (TPSA) is 92.8 Å². The summed E-state index contributed by atoms with van der Waals surface area (Å²) in [4.78, 5) is 26.6. The lowest BCUT2D eigenvalue weighted by molar-refractivity contribution is -0.133. The third-order valence-corrected chi connectivity index (χ3v) is 6.79. The fourth-order valence-corrected chi connectivity index (χ4v) is 4.53. The lowest BCUT2D eigenvalue weighted by atomic mass is 10.2. The SMILES string of the molecule is CN(Cc1ccccc1F)C(=O)COC(=O)c1cccc(S(=O)(=O)NCc2cccs2)c1. The largest absolute Gasteiger partial charge is 0.452 e. The second-order valence-electron chi connectivity index (χ2n) is 6.85. The van der Waals surface area contributed by atoms with E-state index in [-0.39, 0.29) is 23.5 Å². The molecule has 7 nitrogen and oxygen atoms in total. The van der Waals surface area contributed by atoms with Crippen molar-refractivity contribution < 1.29 is 27.1 Å². The van der Waals surface area contributed by atoms with Gasteiger partial charge >= 0.3 is 5.97 Å². The number of halogens is 1. The van der Waals surface area contributed by atoms with E-state index in [2.05, 4.69) is 4.72 Å². The molecule has 2 aromatic carbocycles. The van der Waals surface area contributed by atoms with Crippen LogP contribution in [0.15, 0.2) is 70.9 Å². The molecular weight excluding hydrogens is 455 g/mol. The molecule has 1 aromatic heterocycles. The molecule has 168 valence electrons. The monoisotopic (exact) mass is 476 g/mol. The average Bonchev–Trinajstić information content (AvgIpc) is 3.31. The molecule has 0 atom stereocenters. The zero-order chi connectivity index (χ0) is 23.1. The third kappa shape index (κ3) is 6.22. The Bertz CT molecular complexity index is 1200. The molecule has 3 rings (SSSR count). The smallest absolute Gasteiger partial charge is 0.338 e. The Hall–Kier alpha value is -3.08. The maximum Gasteiger partial charge on any atom is 0.338 e. The van der Waals surface area contributed by atoms with Gasteiger partial charge in [0.25, 0.3) is 5.91 Å². The Kier molecular flexibility index (Phi) is 7.73. The normalized spacial score (nSPS) is 11.2. The van der Waals surface area contributed by atoms with E-state index < -0.39 is 34.3 Å². The van der Waals surface area contributed by atoms with Gasteiger partial charge in [0.05, 0.1) is 10.5 Å². The van der Waals surface area contributed by atoms with Crippen molar-refractivity contribution in [1.82, 2.24) is 9.62 Å². The van der Waals surface area contributed by atoms with Gasteiger partial charge in [-0.2, -0.15) is 0 Å². The molecule has 0 bridgehead atoms. The van der Waals surface area contributed by atoms with Gasteiger partial charge in [0.2, 0.25) is 10.0 Å². The van der Waals surface area contributed by atoms with E-state index in [1.165, 1.54) is 53.6 Å². The molecule has 0 spiro atoms. The highest BCUT2D eigenvalue weighted by molar-refractivity contribution is 7.89. The first-order valence-corrected chi connectivity index (χ1v) is 11.9. The van der Waals surface area contributed by atoms with Crippen LogP contribution in [0.3, 0.4) is 0 Å². The van der Waals surface area contributed by atoms with Gasteiger partial charge in [-0.15, -0.1) is 11.3 Å². The number of thiophene rings is 1. The molecule has 1 N–H and O–H groups in total. The molecule has 1 amide bonds. The lowest BCUT2D eigenvalue weighted by Crippen LogP contribution is -2.31. The summed E-state index contributed by atoms with van der Waals surface area (Å²) in [6.07, 6.45) is 0. The van der Waals surface area contributed by atoms with Gasteiger partial charge in [0, 0.05) is 30.6 Å². The number of rotatable bonds is 9. The van der Waals surface area contributed by atoms with Gasteiger partial charge in [0.1, 0.15) is 5.82 Å². The van der Waals surface area contributed by atoms with Crippen molar-refractivity contribution in [1.29, 1.82) is 0 Å². The van der Waals surface area contributed by atoms with Crippen molar-refractivity contribution in [2.75, 3.05) is 13.7 Å². The van der Waals surface area contributed by atoms with Crippen LogP contribution in [-0.4, -0.2) is 38.8 Å². The second-order valence-corrected chi connectivity index (χ2v) is 9.65. The van der Waals surface area contributed by atoms with Crippen molar-refractivity contribution in [2.24, 2.45) is 0 Å². The minimum absolute atomic E-state index is 0.00597. The van der Waals surface area contributed by atoms with E-state index in [4.69, 9.17) is 4.74 Å². The van der Waals surface area contributed by atoms with Crippen LogP contribution in [0, 0.1) is 5.82 Å². The number of esters is 1. The molecule has 0 radical (unpaired) electrons. The number of hydrogen-bond acceptors (Lipinski definition) is 6. The van der Waals surface area contributed by atoms with Gasteiger partial charge in [0.15, 0.2) is 6.61 Å². The molecule has 32 heavy (non-hydrogen) atoms. The summed E-state index contributed by atoms with van der Waals surface area (Å²) < 4.78 is 46.3. The number of sulfonamides is 1.